The van der Waals surface area contributed by atoms with E-state index >= 15 is 0 Å². The minimum absolute atomic E-state index is 0.0362. The Kier molecular flexibility index (Phi) is 5.14. The Morgan fingerprint density at radius 3 is 2.52 bits per heavy atom. The maximum Gasteiger partial charge on any atom is 0.243 e. The molecule has 1 saturated heterocycles. The predicted molar refractivity (Wildman–Crippen MR) is 85.9 cm³/mol. The highest BCUT2D eigenvalue weighted by Crippen LogP contribution is 2.27. The van der Waals surface area contributed by atoms with E-state index in [4.69, 9.17) is 17.3 Å². The molecule has 1 aromatic rings. The second kappa shape index (κ2) is 6.52. The number of halogens is 1. The molecule has 0 atom stereocenters. The van der Waals surface area contributed by atoms with Gasteiger partial charge in [-0.05, 0) is 50.7 Å². The first-order chi connectivity index (χ1) is 9.86. The van der Waals surface area contributed by atoms with Gasteiger partial charge in [-0.25, -0.2) is 8.42 Å². The fraction of sp³-hybridized carbons (Fsp3) is 0.571. The minimum atomic E-state index is -3.53. The molecule has 1 heterocycles. The van der Waals surface area contributed by atoms with E-state index in [0.29, 0.717) is 5.69 Å². The zero-order valence-corrected chi connectivity index (χ0v) is 14.0. The summed E-state index contributed by atoms with van der Waals surface area (Å²) in [6.45, 7) is 5.00. The molecule has 21 heavy (non-hydrogen) atoms. The lowest BCUT2D eigenvalue weighted by Crippen LogP contribution is -2.45. The van der Waals surface area contributed by atoms with Crippen LogP contribution in [-0.2, 0) is 10.0 Å². The van der Waals surface area contributed by atoms with Crippen molar-refractivity contribution in [2.45, 2.75) is 30.7 Å². The van der Waals surface area contributed by atoms with Crippen LogP contribution < -0.4 is 5.73 Å². The van der Waals surface area contributed by atoms with Crippen LogP contribution >= 0.6 is 11.6 Å². The van der Waals surface area contributed by atoms with Gasteiger partial charge in [-0.15, -0.1) is 0 Å². The third-order valence-corrected chi connectivity index (χ3v) is 6.40. The fourth-order valence-corrected chi connectivity index (χ4v) is 4.32. The van der Waals surface area contributed by atoms with Crippen LogP contribution in [-0.4, -0.2) is 50.3 Å². The Morgan fingerprint density at radius 1 is 1.38 bits per heavy atom. The molecule has 0 radical (unpaired) electrons. The molecule has 0 unspecified atom stereocenters. The van der Waals surface area contributed by atoms with E-state index in [0.717, 1.165) is 32.5 Å². The molecule has 0 aliphatic carbocycles. The highest BCUT2D eigenvalue weighted by atomic mass is 35.5. The van der Waals surface area contributed by atoms with Gasteiger partial charge >= 0.3 is 0 Å². The summed E-state index contributed by atoms with van der Waals surface area (Å²) in [4.78, 5) is 2.53. The van der Waals surface area contributed by atoms with Gasteiger partial charge in [-0.2, -0.15) is 4.31 Å². The van der Waals surface area contributed by atoms with E-state index in [1.165, 1.54) is 22.5 Å². The molecule has 2 N–H and O–H groups in total. The summed E-state index contributed by atoms with van der Waals surface area (Å²) in [6, 6.07) is 4.50. The lowest BCUT2D eigenvalue weighted by Gasteiger charge is -2.35. The number of sulfonamides is 1. The van der Waals surface area contributed by atoms with E-state index in [2.05, 4.69) is 11.8 Å². The van der Waals surface area contributed by atoms with Crippen molar-refractivity contribution in [3.63, 3.8) is 0 Å². The molecule has 1 aliphatic heterocycles. The summed E-state index contributed by atoms with van der Waals surface area (Å²) in [5.41, 5.74) is 6.02. The molecule has 0 saturated carbocycles. The number of hydrogen-bond donors (Lipinski definition) is 1. The van der Waals surface area contributed by atoms with Crippen molar-refractivity contribution in [1.82, 2.24) is 9.21 Å². The van der Waals surface area contributed by atoms with Gasteiger partial charge in [0.05, 0.1) is 15.6 Å². The first-order valence-electron chi connectivity index (χ1n) is 7.11. The second-order valence-corrected chi connectivity index (χ2v) is 7.77. The highest BCUT2D eigenvalue weighted by molar-refractivity contribution is 7.89. The molecule has 2 rings (SSSR count). The van der Waals surface area contributed by atoms with Crippen LogP contribution in [0.5, 0.6) is 0 Å². The van der Waals surface area contributed by atoms with Crippen molar-refractivity contribution in [2.24, 2.45) is 0 Å². The molecular formula is C14H22ClN3O2S. The zero-order chi connectivity index (χ0) is 15.6. The summed E-state index contributed by atoms with van der Waals surface area (Å²) in [7, 11) is -1.88. The lowest BCUT2D eigenvalue weighted by molar-refractivity contribution is 0.176. The predicted octanol–water partition coefficient (Wildman–Crippen LogP) is 2.03. The number of benzene rings is 1. The summed E-state index contributed by atoms with van der Waals surface area (Å²) in [6.07, 6.45) is 1.71. The molecule has 7 heteroatoms. The van der Waals surface area contributed by atoms with Crippen molar-refractivity contribution >= 4 is 27.3 Å². The topological polar surface area (TPSA) is 66.6 Å². The van der Waals surface area contributed by atoms with E-state index in [1.54, 1.807) is 7.05 Å². The van der Waals surface area contributed by atoms with Crippen LogP contribution in [0.25, 0.3) is 0 Å². The summed E-state index contributed by atoms with van der Waals surface area (Å²) >= 11 is 5.93. The smallest absolute Gasteiger partial charge is 0.243 e. The number of nitrogens with two attached hydrogens (primary N) is 1. The summed E-state index contributed by atoms with van der Waals surface area (Å²) in [5.74, 6) is 0. The second-order valence-electron chi connectivity index (χ2n) is 5.37. The normalized spacial score (nSPS) is 18.3. The SMILES string of the molecule is CCN1CCC(N(C)S(=O)(=O)c2ccc(N)c(Cl)c2)CC1. The van der Waals surface area contributed by atoms with Crippen LogP contribution in [0.3, 0.4) is 0 Å². The highest BCUT2D eigenvalue weighted by Gasteiger charge is 2.30. The fourth-order valence-electron chi connectivity index (χ4n) is 2.63. The van der Waals surface area contributed by atoms with E-state index in [9.17, 15) is 8.42 Å². The maximum absolute atomic E-state index is 12.7. The average Bonchev–Trinajstić information content (AvgIpc) is 2.49. The molecule has 0 aromatic heterocycles. The number of piperidine rings is 1. The Hall–Kier alpha value is -0.820. The average molecular weight is 332 g/mol. The monoisotopic (exact) mass is 331 g/mol. The summed E-state index contributed by atoms with van der Waals surface area (Å²) < 4.78 is 26.8. The molecule has 5 nitrogen and oxygen atoms in total. The lowest BCUT2D eigenvalue weighted by atomic mass is 10.1. The van der Waals surface area contributed by atoms with Crippen LogP contribution in [0.1, 0.15) is 19.8 Å². The first kappa shape index (κ1) is 16.5. The Labute approximate surface area is 131 Å². The van der Waals surface area contributed by atoms with Crippen LogP contribution in [0.15, 0.2) is 23.1 Å². The molecule has 1 aliphatic rings. The van der Waals surface area contributed by atoms with Crippen LogP contribution in [0.2, 0.25) is 5.02 Å². The Balaban J connectivity index is 2.17. The standard InChI is InChI=1S/C14H22ClN3O2S/c1-3-18-8-6-11(7-9-18)17(2)21(19,20)12-4-5-14(16)13(15)10-12/h4-5,10-11H,3,6-9,16H2,1-2H3. The van der Waals surface area contributed by atoms with Gasteiger partial charge in [0.1, 0.15) is 0 Å². The quantitative estimate of drug-likeness (QED) is 0.857. The van der Waals surface area contributed by atoms with Gasteiger partial charge in [0.25, 0.3) is 0 Å². The van der Waals surface area contributed by atoms with Gasteiger partial charge in [0.15, 0.2) is 0 Å². The molecule has 1 fully saturated rings. The first-order valence-corrected chi connectivity index (χ1v) is 8.93. The molecule has 0 bridgehead atoms. The Morgan fingerprint density at radius 2 is 2.00 bits per heavy atom. The number of rotatable bonds is 4. The summed E-state index contributed by atoms with van der Waals surface area (Å²) in [5, 5.41) is 0.269. The maximum atomic E-state index is 12.7. The molecule has 0 amide bonds. The molecule has 0 spiro atoms. The zero-order valence-electron chi connectivity index (χ0n) is 12.4. The van der Waals surface area contributed by atoms with Gasteiger partial charge < -0.3 is 10.6 Å². The van der Waals surface area contributed by atoms with Crippen LogP contribution in [0, 0.1) is 0 Å². The number of likely N-dealkylation sites (tertiary alicyclic amines) is 1. The molecular weight excluding hydrogens is 310 g/mol. The largest absolute Gasteiger partial charge is 0.398 e. The van der Waals surface area contributed by atoms with Gasteiger partial charge in [0, 0.05) is 13.1 Å². The minimum Gasteiger partial charge on any atom is -0.398 e. The third-order valence-electron chi connectivity index (χ3n) is 4.17. The number of nitrogen functional groups attached to an aromatic ring is 1. The van der Waals surface area contributed by atoms with Crippen molar-refractivity contribution in [3.8, 4) is 0 Å². The third kappa shape index (κ3) is 3.51. The van der Waals surface area contributed by atoms with E-state index < -0.39 is 10.0 Å². The molecule has 118 valence electrons. The number of hydrogen-bond acceptors (Lipinski definition) is 4. The number of anilines is 1. The Bertz CT molecular complexity index is 598. The van der Waals surface area contributed by atoms with Crippen molar-refractivity contribution < 1.29 is 8.42 Å². The molecule has 1 aromatic carbocycles. The van der Waals surface area contributed by atoms with Gasteiger partial charge in [-0.1, -0.05) is 18.5 Å². The van der Waals surface area contributed by atoms with Crippen molar-refractivity contribution in [2.75, 3.05) is 32.4 Å². The number of nitrogens with zero attached hydrogens (tertiary/aromatic N) is 2. The van der Waals surface area contributed by atoms with E-state index in [1.807, 2.05) is 0 Å². The van der Waals surface area contributed by atoms with Crippen LogP contribution in [0.4, 0.5) is 5.69 Å². The van der Waals surface area contributed by atoms with Crippen molar-refractivity contribution in [3.05, 3.63) is 23.2 Å². The van der Waals surface area contributed by atoms with Gasteiger partial charge in [-0.3, -0.25) is 0 Å². The van der Waals surface area contributed by atoms with E-state index in [-0.39, 0.29) is 16.0 Å². The van der Waals surface area contributed by atoms with Gasteiger partial charge in [0.2, 0.25) is 10.0 Å². The van der Waals surface area contributed by atoms with Crippen molar-refractivity contribution in [1.29, 1.82) is 0 Å².